The van der Waals surface area contributed by atoms with Crippen LogP contribution in [0.5, 0.6) is 0 Å². The number of ether oxygens (including phenoxy) is 1. The highest BCUT2D eigenvalue weighted by atomic mass is 35.5. The molecule has 0 bridgehead atoms. The number of nitrogens with zero attached hydrogens (tertiary/aromatic N) is 1. The Bertz CT molecular complexity index is 417. The smallest absolute Gasteiger partial charge is 0.0670 e. The average molecular weight is 283 g/mol. The van der Waals surface area contributed by atoms with Crippen molar-refractivity contribution >= 4 is 17.3 Å². The van der Waals surface area contributed by atoms with E-state index in [1.165, 1.54) is 11.3 Å². The second-order valence-corrected chi connectivity index (χ2v) is 5.81. The maximum Gasteiger partial charge on any atom is 0.0670 e. The van der Waals surface area contributed by atoms with Crippen LogP contribution in [0.4, 0.5) is 5.69 Å². The zero-order valence-electron chi connectivity index (χ0n) is 11.9. The van der Waals surface area contributed by atoms with Crippen LogP contribution in [0.3, 0.4) is 0 Å². The van der Waals surface area contributed by atoms with Crippen molar-refractivity contribution in [3.63, 3.8) is 0 Å². The Labute approximate surface area is 120 Å². The first-order valence-electron chi connectivity index (χ1n) is 6.91. The number of halogens is 1. The van der Waals surface area contributed by atoms with Crippen LogP contribution in [0.2, 0.25) is 5.02 Å². The Balaban J connectivity index is 2.20. The van der Waals surface area contributed by atoms with E-state index in [1.807, 2.05) is 12.1 Å². The first kappa shape index (κ1) is 14.6. The maximum absolute atomic E-state index is 6.37. The highest BCUT2D eigenvalue weighted by molar-refractivity contribution is 6.31. The van der Waals surface area contributed by atoms with E-state index >= 15 is 0 Å². The quantitative estimate of drug-likeness (QED) is 0.898. The van der Waals surface area contributed by atoms with Crippen LogP contribution in [-0.4, -0.2) is 32.3 Å². The molecule has 1 N–H and O–H groups in total. The molecule has 1 aromatic rings. The van der Waals surface area contributed by atoms with E-state index in [2.05, 4.69) is 37.2 Å². The zero-order valence-corrected chi connectivity index (χ0v) is 12.7. The Morgan fingerprint density at radius 1 is 1.47 bits per heavy atom. The molecule has 0 amide bonds. The van der Waals surface area contributed by atoms with Gasteiger partial charge in [0.15, 0.2) is 0 Å². The largest absolute Gasteiger partial charge is 0.379 e. The third kappa shape index (κ3) is 3.62. The van der Waals surface area contributed by atoms with Crippen LogP contribution in [0.1, 0.15) is 25.8 Å². The predicted octanol–water partition coefficient (Wildman–Crippen LogP) is 3.06. The fraction of sp³-hybridized carbons (Fsp3) is 0.600. The molecule has 1 heterocycles. The molecular formula is C15H23ClN2O. The summed E-state index contributed by atoms with van der Waals surface area (Å²) >= 11 is 6.37. The molecular weight excluding hydrogens is 260 g/mol. The molecule has 2 rings (SSSR count). The molecule has 0 radical (unpaired) electrons. The van der Waals surface area contributed by atoms with Gasteiger partial charge in [-0.25, -0.2) is 0 Å². The van der Waals surface area contributed by atoms with E-state index in [0.29, 0.717) is 12.1 Å². The zero-order chi connectivity index (χ0) is 13.8. The van der Waals surface area contributed by atoms with Crippen LogP contribution < -0.4 is 10.2 Å². The van der Waals surface area contributed by atoms with Gasteiger partial charge in [0.1, 0.15) is 0 Å². The van der Waals surface area contributed by atoms with Gasteiger partial charge < -0.3 is 15.0 Å². The van der Waals surface area contributed by atoms with Crippen molar-refractivity contribution in [2.75, 3.05) is 25.2 Å². The van der Waals surface area contributed by atoms with Crippen LogP contribution in [0.25, 0.3) is 0 Å². The number of anilines is 1. The molecule has 3 nitrogen and oxygen atoms in total. The van der Waals surface area contributed by atoms with Gasteiger partial charge in [0.25, 0.3) is 0 Å². The number of nitrogens with one attached hydrogen (secondary N) is 1. The van der Waals surface area contributed by atoms with E-state index < -0.39 is 0 Å². The highest BCUT2D eigenvalue weighted by Gasteiger charge is 2.22. The van der Waals surface area contributed by atoms with Gasteiger partial charge in [-0.2, -0.15) is 0 Å². The molecule has 0 saturated carbocycles. The normalized spacial score (nSPS) is 19.1. The molecule has 4 heteroatoms. The van der Waals surface area contributed by atoms with Crippen LogP contribution >= 0.6 is 11.6 Å². The summed E-state index contributed by atoms with van der Waals surface area (Å²) in [6.07, 6.45) is 1.08. The van der Waals surface area contributed by atoms with Crippen molar-refractivity contribution in [1.82, 2.24) is 5.32 Å². The fourth-order valence-electron chi connectivity index (χ4n) is 2.38. The van der Waals surface area contributed by atoms with Crippen molar-refractivity contribution in [1.29, 1.82) is 0 Å². The number of rotatable bonds is 5. The number of benzene rings is 1. The monoisotopic (exact) mass is 282 g/mol. The minimum Gasteiger partial charge on any atom is -0.379 e. The lowest BCUT2D eigenvalue weighted by Crippen LogP contribution is -2.33. The minimum absolute atomic E-state index is 0.448. The summed E-state index contributed by atoms with van der Waals surface area (Å²) in [6, 6.07) is 7.02. The third-order valence-corrected chi connectivity index (χ3v) is 3.97. The van der Waals surface area contributed by atoms with E-state index in [-0.39, 0.29) is 0 Å². The van der Waals surface area contributed by atoms with Gasteiger partial charge in [-0.3, -0.25) is 0 Å². The Hall–Kier alpha value is -0.770. The topological polar surface area (TPSA) is 24.5 Å². The van der Waals surface area contributed by atoms with E-state index in [0.717, 1.165) is 31.2 Å². The summed E-state index contributed by atoms with van der Waals surface area (Å²) in [7, 11) is 2.13. The summed E-state index contributed by atoms with van der Waals surface area (Å²) < 4.78 is 5.48. The van der Waals surface area contributed by atoms with Crippen molar-refractivity contribution in [3.8, 4) is 0 Å². The summed E-state index contributed by atoms with van der Waals surface area (Å²) in [6.45, 7) is 6.75. The van der Waals surface area contributed by atoms with Crippen molar-refractivity contribution in [2.24, 2.45) is 0 Å². The molecule has 1 aliphatic heterocycles. The SMILES string of the molecule is CC(C)NCc1c(Cl)cccc1N(C)C1CCOC1. The van der Waals surface area contributed by atoms with E-state index in [4.69, 9.17) is 16.3 Å². The molecule has 1 aliphatic rings. The molecule has 19 heavy (non-hydrogen) atoms. The van der Waals surface area contributed by atoms with Gasteiger partial charge >= 0.3 is 0 Å². The standard InChI is InChI=1S/C15H23ClN2O/c1-11(2)17-9-13-14(16)5-4-6-15(13)18(3)12-7-8-19-10-12/h4-6,11-12,17H,7-10H2,1-3H3. The molecule has 106 valence electrons. The summed E-state index contributed by atoms with van der Waals surface area (Å²) in [5.74, 6) is 0. The van der Waals surface area contributed by atoms with Crippen LogP contribution in [0, 0.1) is 0 Å². The molecule has 0 spiro atoms. The van der Waals surface area contributed by atoms with Gasteiger partial charge in [-0.15, -0.1) is 0 Å². The van der Waals surface area contributed by atoms with E-state index in [9.17, 15) is 0 Å². The van der Waals surface area contributed by atoms with Crippen molar-refractivity contribution in [3.05, 3.63) is 28.8 Å². The average Bonchev–Trinajstić information content (AvgIpc) is 2.89. The van der Waals surface area contributed by atoms with E-state index in [1.54, 1.807) is 0 Å². The summed E-state index contributed by atoms with van der Waals surface area (Å²) in [4.78, 5) is 2.30. The lowest BCUT2D eigenvalue weighted by atomic mass is 10.1. The minimum atomic E-state index is 0.448. The Morgan fingerprint density at radius 2 is 2.26 bits per heavy atom. The van der Waals surface area contributed by atoms with Gasteiger partial charge in [-0.1, -0.05) is 31.5 Å². The maximum atomic E-state index is 6.37. The molecule has 0 aliphatic carbocycles. The molecule has 1 fully saturated rings. The highest BCUT2D eigenvalue weighted by Crippen LogP contribution is 2.29. The first-order chi connectivity index (χ1) is 9.09. The number of hydrogen-bond acceptors (Lipinski definition) is 3. The summed E-state index contributed by atoms with van der Waals surface area (Å²) in [5.41, 5.74) is 2.38. The lowest BCUT2D eigenvalue weighted by molar-refractivity contribution is 0.193. The third-order valence-electron chi connectivity index (χ3n) is 3.61. The van der Waals surface area contributed by atoms with Crippen molar-refractivity contribution in [2.45, 2.75) is 38.9 Å². The van der Waals surface area contributed by atoms with Crippen LogP contribution in [0.15, 0.2) is 18.2 Å². The van der Waals surface area contributed by atoms with Gasteiger partial charge in [0.2, 0.25) is 0 Å². The Kier molecular flexibility index (Phi) is 5.08. The number of likely N-dealkylation sites (N-methyl/N-ethyl adjacent to an activating group) is 1. The number of hydrogen-bond donors (Lipinski definition) is 1. The lowest BCUT2D eigenvalue weighted by Gasteiger charge is -2.28. The summed E-state index contributed by atoms with van der Waals surface area (Å²) in [5, 5.41) is 4.28. The molecule has 0 aromatic heterocycles. The van der Waals surface area contributed by atoms with Crippen molar-refractivity contribution < 1.29 is 4.74 Å². The molecule has 1 aromatic carbocycles. The van der Waals surface area contributed by atoms with Gasteiger partial charge in [-0.05, 0) is 18.6 Å². The first-order valence-corrected chi connectivity index (χ1v) is 7.28. The molecule has 1 atom stereocenters. The second kappa shape index (κ2) is 6.60. The van der Waals surface area contributed by atoms with Gasteiger partial charge in [0, 0.05) is 42.5 Å². The van der Waals surface area contributed by atoms with Crippen LogP contribution in [-0.2, 0) is 11.3 Å². The second-order valence-electron chi connectivity index (χ2n) is 5.40. The fourth-order valence-corrected chi connectivity index (χ4v) is 2.62. The predicted molar refractivity (Wildman–Crippen MR) is 81.1 cm³/mol. The molecule has 1 unspecified atom stereocenters. The Morgan fingerprint density at radius 3 is 2.89 bits per heavy atom. The molecule has 1 saturated heterocycles. The van der Waals surface area contributed by atoms with Gasteiger partial charge in [0.05, 0.1) is 12.6 Å².